The maximum absolute atomic E-state index is 12.5. The van der Waals surface area contributed by atoms with Gasteiger partial charge in [-0.05, 0) is 48.9 Å². The molecular weight excluding hydrogens is 234 g/mol. The van der Waals surface area contributed by atoms with E-state index in [1.165, 1.54) is 38.5 Å². The molecule has 0 unspecified atom stereocenters. The summed E-state index contributed by atoms with van der Waals surface area (Å²) < 4.78 is 0. The number of hydrogen-bond acceptors (Lipinski definition) is 1. The lowest BCUT2D eigenvalue weighted by Crippen LogP contribution is -2.34. The van der Waals surface area contributed by atoms with Gasteiger partial charge >= 0.3 is 0 Å². The molecule has 2 nitrogen and oxygen atoms in total. The van der Waals surface area contributed by atoms with Crippen molar-refractivity contribution >= 4 is 5.91 Å². The number of fused-ring (bicyclic) bond motifs is 1. The second kappa shape index (κ2) is 5.10. The molecule has 3 saturated carbocycles. The van der Waals surface area contributed by atoms with E-state index >= 15 is 0 Å². The highest BCUT2D eigenvalue weighted by molar-refractivity contribution is 5.82. The predicted molar refractivity (Wildman–Crippen MR) is 77.6 cm³/mol. The van der Waals surface area contributed by atoms with Crippen molar-refractivity contribution in [2.45, 2.75) is 65.3 Å². The lowest BCUT2D eigenvalue weighted by atomic mass is 9.77. The molecule has 5 atom stereocenters. The third-order valence-corrected chi connectivity index (χ3v) is 6.10. The first-order valence-electron chi connectivity index (χ1n) is 8.40. The summed E-state index contributed by atoms with van der Waals surface area (Å²) >= 11 is 0. The van der Waals surface area contributed by atoms with Crippen LogP contribution in [0.4, 0.5) is 0 Å². The summed E-state index contributed by atoms with van der Waals surface area (Å²) in [4.78, 5) is 12.5. The molecule has 1 amide bonds. The fraction of sp³-hybridized carbons (Fsp3) is 0.941. The number of carbonyl (C=O) groups excluding carboxylic acids is 1. The molecular formula is C17H29NO. The van der Waals surface area contributed by atoms with Crippen LogP contribution in [-0.4, -0.2) is 11.9 Å². The molecule has 3 aliphatic carbocycles. The molecule has 0 radical (unpaired) electrons. The van der Waals surface area contributed by atoms with Crippen molar-refractivity contribution in [3.63, 3.8) is 0 Å². The normalized spacial score (nSPS) is 42.2. The summed E-state index contributed by atoms with van der Waals surface area (Å²) in [5, 5.41) is 3.34. The van der Waals surface area contributed by atoms with Gasteiger partial charge in [-0.25, -0.2) is 0 Å². The van der Waals surface area contributed by atoms with Crippen LogP contribution < -0.4 is 5.32 Å². The van der Waals surface area contributed by atoms with E-state index in [0.29, 0.717) is 29.7 Å². The van der Waals surface area contributed by atoms with Crippen molar-refractivity contribution in [1.29, 1.82) is 0 Å². The molecule has 0 aliphatic heterocycles. The first-order chi connectivity index (χ1) is 9.09. The summed E-state index contributed by atoms with van der Waals surface area (Å²) in [6.45, 7) is 7.03. The summed E-state index contributed by atoms with van der Waals surface area (Å²) in [7, 11) is 0. The average molecular weight is 263 g/mol. The molecule has 0 aromatic carbocycles. The number of hydrogen-bond donors (Lipinski definition) is 1. The Kier molecular flexibility index (Phi) is 3.61. The third kappa shape index (κ3) is 2.43. The smallest absolute Gasteiger partial charge is 0.223 e. The highest BCUT2D eigenvalue weighted by Gasteiger charge is 2.61. The lowest BCUT2D eigenvalue weighted by Gasteiger charge is -2.28. The fourth-order valence-electron chi connectivity index (χ4n) is 4.98. The minimum absolute atomic E-state index is 0.352. The van der Waals surface area contributed by atoms with Gasteiger partial charge in [0.1, 0.15) is 0 Å². The maximum atomic E-state index is 12.5. The lowest BCUT2D eigenvalue weighted by molar-refractivity contribution is -0.123. The Morgan fingerprint density at radius 3 is 2.37 bits per heavy atom. The second-order valence-corrected chi connectivity index (χ2v) is 7.63. The van der Waals surface area contributed by atoms with Crippen LogP contribution in [0.25, 0.3) is 0 Å². The van der Waals surface area contributed by atoms with E-state index in [9.17, 15) is 4.79 Å². The van der Waals surface area contributed by atoms with Crippen molar-refractivity contribution in [3.8, 4) is 0 Å². The van der Waals surface area contributed by atoms with Gasteiger partial charge in [-0.3, -0.25) is 4.79 Å². The molecule has 0 saturated heterocycles. The quantitative estimate of drug-likeness (QED) is 0.828. The number of carbonyl (C=O) groups is 1. The largest absolute Gasteiger partial charge is 0.353 e. The first kappa shape index (κ1) is 13.5. The summed E-state index contributed by atoms with van der Waals surface area (Å²) in [6.07, 6.45) is 7.68. The van der Waals surface area contributed by atoms with Crippen LogP contribution in [0.2, 0.25) is 0 Å². The predicted octanol–water partition coefficient (Wildman–Crippen LogP) is 3.61. The van der Waals surface area contributed by atoms with Gasteiger partial charge in [-0.2, -0.15) is 0 Å². The van der Waals surface area contributed by atoms with Crippen molar-refractivity contribution in [2.24, 2.45) is 35.5 Å². The topological polar surface area (TPSA) is 29.1 Å². The highest BCUT2D eigenvalue weighted by Crippen LogP contribution is 2.62. The van der Waals surface area contributed by atoms with Crippen molar-refractivity contribution in [1.82, 2.24) is 5.32 Å². The molecule has 108 valence electrons. The van der Waals surface area contributed by atoms with Crippen LogP contribution in [0, 0.1) is 35.5 Å². The van der Waals surface area contributed by atoms with E-state index in [1.54, 1.807) is 0 Å². The molecule has 0 heterocycles. The maximum Gasteiger partial charge on any atom is 0.223 e. The molecule has 0 aromatic rings. The minimum atomic E-state index is 0.352. The highest BCUT2D eigenvalue weighted by atomic mass is 16.2. The van der Waals surface area contributed by atoms with E-state index in [4.69, 9.17) is 0 Å². The van der Waals surface area contributed by atoms with Gasteiger partial charge in [0.15, 0.2) is 0 Å². The standard InChI is InChI=1S/C17H29NO/c1-10(2)13-9-8-11(3)14-15(13)16(14)17(19)18-12-6-4-5-7-12/h10-16H,4-9H2,1-3H3,(H,18,19)/t11-,13+,14+,15-,16-/m0/s1. The molecule has 1 N–H and O–H groups in total. The summed E-state index contributed by atoms with van der Waals surface area (Å²) in [6, 6.07) is 0.489. The third-order valence-electron chi connectivity index (χ3n) is 6.10. The Hall–Kier alpha value is -0.530. The molecule has 3 rings (SSSR count). The van der Waals surface area contributed by atoms with Gasteiger partial charge in [0.2, 0.25) is 5.91 Å². The van der Waals surface area contributed by atoms with E-state index in [2.05, 4.69) is 26.1 Å². The Labute approximate surface area is 117 Å². The molecule has 2 heteroatoms. The fourth-order valence-corrected chi connectivity index (χ4v) is 4.98. The zero-order valence-corrected chi connectivity index (χ0v) is 12.7. The Balaban J connectivity index is 1.63. The number of amides is 1. The van der Waals surface area contributed by atoms with Crippen LogP contribution in [-0.2, 0) is 4.79 Å². The van der Waals surface area contributed by atoms with E-state index < -0.39 is 0 Å². The van der Waals surface area contributed by atoms with Gasteiger partial charge in [0.25, 0.3) is 0 Å². The van der Waals surface area contributed by atoms with Crippen LogP contribution in [0.3, 0.4) is 0 Å². The molecule has 3 aliphatic rings. The van der Waals surface area contributed by atoms with Crippen LogP contribution in [0.1, 0.15) is 59.3 Å². The van der Waals surface area contributed by atoms with Crippen LogP contribution in [0.5, 0.6) is 0 Å². The molecule has 3 fully saturated rings. The van der Waals surface area contributed by atoms with E-state index in [0.717, 1.165) is 17.8 Å². The van der Waals surface area contributed by atoms with E-state index in [1.807, 2.05) is 0 Å². The monoisotopic (exact) mass is 263 g/mol. The van der Waals surface area contributed by atoms with Gasteiger partial charge in [-0.1, -0.05) is 40.0 Å². The molecule has 19 heavy (non-hydrogen) atoms. The number of rotatable bonds is 3. The average Bonchev–Trinajstić information content (AvgIpc) is 2.91. The van der Waals surface area contributed by atoms with Crippen molar-refractivity contribution < 1.29 is 4.79 Å². The first-order valence-corrected chi connectivity index (χ1v) is 8.40. The SMILES string of the molecule is CC(C)[C@H]1CC[C@H](C)[C@H]2[C@H](C(=O)NC3CCCC3)[C@H]21. The van der Waals surface area contributed by atoms with Gasteiger partial charge in [-0.15, -0.1) is 0 Å². The van der Waals surface area contributed by atoms with Crippen molar-refractivity contribution in [2.75, 3.05) is 0 Å². The minimum Gasteiger partial charge on any atom is -0.353 e. The molecule has 0 spiro atoms. The Morgan fingerprint density at radius 2 is 1.74 bits per heavy atom. The van der Waals surface area contributed by atoms with Gasteiger partial charge < -0.3 is 5.32 Å². The Bertz CT molecular complexity index is 345. The number of nitrogens with one attached hydrogen (secondary N) is 1. The van der Waals surface area contributed by atoms with Gasteiger partial charge in [0.05, 0.1) is 0 Å². The zero-order valence-electron chi connectivity index (χ0n) is 12.7. The second-order valence-electron chi connectivity index (χ2n) is 7.63. The van der Waals surface area contributed by atoms with Crippen LogP contribution >= 0.6 is 0 Å². The van der Waals surface area contributed by atoms with Crippen LogP contribution in [0.15, 0.2) is 0 Å². The van der Waals surface area contributed by atoms with E-state index in [-0.39, 0.29) is 0 Å². The van der Waals surface area contributed by atoms with Gasteiger partial charge in [0, 0.05) is 12.0 Å². The molecule has 0 aromatic heterocycles. The summed E-state index contributed by atoms with van der Waals surface area (Å²) in [5.41, 5.74) is 0. The Morgan fingerprint density at radius 1 is 1.05 bits per heavy atom. The zero-order chi connectivity index (χ0) is 13.6. The summed E-state index contributed by atoms with van der Waals surface area (Å²) in [5.74, 6) is 4.43. The van der Waals surface area contributed by atoms with Crippen molar-refractivity contribution in [3.05, 3.63) is 0 Å². The molecule has 0 bridgehead atoms.